The maximum absolute atomic E-state index is 13.8. The van der Waals surface area contributed by atoms with Crippen LogP contribution in [0.25, 0.3) is 0 Å². The van der Waals surface area contributed by atoms with E-state index in [1.54, 1.807) is 0 Å². The molecule has 0 atom stereocenters. The molecule has 22 heavy (non-hydrogen) atoms. The number of aromatic nitrogens is 2. The molecule has 116 valence electrons. The zero-order valence-corrected chi connectivity index (χ0v) is 12.4. The monoisotopic (exact) mass is 324 g/mol. The zero-order chi connectivity index (χ0) is 15.5. The minimum Gasteiger partial charge on any atom is -0.299 e. The van der Waals surface area contributed by atoms with Crippen molar-refractivity contribution in [3.8, 4) is 0 Å². The molecule has 1 aliphatic carbocycles. The molecule has 2 aromatic rings. The highest BCUT2D eigenvalue weighted by molar-refractivity contribution is 7.13. The smallest absolute Gasteiger partial charge is 0.240 e. The van der Waals surface area contributed by atoms with E-state index in [0.717, 1.165) is 18.9 Å². The first kappa shape index (κ1) is 15.0. The number of nitrogens with zero attached hydrogens (tertiary/aromatic N) is 3. The van der Waals surface area contributed by atoms with Gasteiger partial charge in [-0.15, -0.1) is 10.2 Å². The first-order chi connectivity index (χ1) is 10.6. The van der Waals surface area contributed by atoms with E-state index in [9.17, 15) is 13.6 Å². The number of carbonyl (C=O) groups is 1. The Balaban J connectivity index is 1.64. The third-order valence-electron chi connectivity index (χ3n) is 3.40. The van der Waals surface area contributed by atoms with Gasteiger partial charge in [-0.1, -0.05) is 17.4 Å². The maximum atomic E-state index is 13.8. The van der Waals surface area contributed by atoms with Gasteiger partial charge in [-0.25, -0.2) is 8.78 Å². The molecule has 1 aromatic heterocycles. The number of halogens is 2. The third kappa shape index (κ3) is 3.83. The van der Waals surface area contributed by atoms with Crippen LogP contribution in [0.15, 0.2) is 23.7 Å². The fraction of sp³-hybridized carbons (Fsp3) is 0.357. The van der Waals surface area contributed by atoms with Gasteiger partial charge >= 0.3 is 0 Å². The van der Waals surface area contributed by atoms with Gasteiger partial charge < -0.3 is 0 Å². The molecule has 3 rings (SSSR count). The summed E-state index contributed by atoms with van der Waals surface area (Å²) in [7, 11) is 0. The molecule has 1 fully saturated rings. The quantitative estimate of drug-likeness (QED) is 0.886. The molecule has 1 N–H and O–H groups in total. The van der Waals surface area contributed by atoms with Crippen LogP contribution in [-0.2, 0) is 11.3 Å². The van der Waals surface area contributed by atoms with Crippen molar-refractivity contribution in [3.05, 3.63) is 40.9 Å². The molecular weight excluding hydrogens is 310 g/mol. The lowest BCUT2D eigenvalue weighted by molar-refractivity contribution is -0.117. The molecule has 1 aliphatic rings. The number of hydrogen-bond acceptors (Lipinski definition) is 5. The van der Waals surface area contributed by atoms with E-state index in [1.165, 1.54) is 29.0 Å². The SMILES string of the molecule is O=C(CN(Cc1ccc(F)cc1F)C1CC1)Nc1nncs1. The van der Waals surface area contributed by atoms with Crippen molar-refractivity contribution in [3.63, 3.8) is 0 Å². The van der Waals surface area contributed by atoms with Crippen LogP contribution < -0.4 is 5.32 Å². The lowest BCUT2D eigenvalue weighted by Gasteiger charge is -2.21. The van der Waals surface area contributed by atoms with Gasteiger partial charge in [0, 0.05) is 24.2 Å². The Morgan fingerprint density at radius 2 is 2.23 bits per heavy atom. The Bertz CT molecular complexity index is 661. The Hall–Kier alpha value is -1.93. The second kappa shape index (κ2) is 6.45. The third-order valence-corrected chi connectivity index (χ3v) is 4.01. The second-order valence-corrected chi connectivity index (χ2v) is 6.00. The number of rotatable bonds is 6. The summed E-state index contributed by atoms with van der Waals surface area (Å²) in [5, 5.41) is 10.5. The fourth-order valence-corrected chi connectivity index (χ4v) is 2.65. The van der Waals surface area contributed by atoms with Crippen LogP contribution in [-0.4, -0.2) is 33.6 Å². The lowest BCUT2D eigenvalue weighted by Crippen LogP contribution is -2.34. The predicted octanol–water partition coefficient (Wildman–Crippen LogP) is 2.42. The van der Waals surface area contributed by atoms with Crippen LogP contribution in [0.2, 0.25) is 0 Å². The van der Waals surface area contributed by atoms with E-state index in [4.69, 9.17) is 0 Å². The molecular formula is C14H14F2N4OS. The Labute approximate surface area is 130 Å². The van der Waals surface area contributed by atoms with Crippen molar-refractivity contribution in [1.82, 2.24) is 15.1 Å². The molecule has 1 amide bonds. The van der Waals surface area contributed by atoms with Crippen LogP contribution in [0, 0.1) is 11.6 Å². The van der Waals surface area contributed by atoms with Crippen LogP contribution in [0.5, 0.6) is 0 Å². The van der Waals surface area contributed by atoms with Crippen molar-refractivity contribution in [2.75, 3.05) is 11.9 Å². The first-order valence-electron chi connectivity index (χ1n) is 6.86. The largest absolute Gasteiger partial charge is 0.299 e. The Morgan fingerprint density at radius 3 is 2.86 bits per heavy atom. The van der Waals surface area contributed by atoms with E-state index >= 15 is 0 Å². The molecule has 0 unspecified atom stereocenters. The summed E-state index contributed by atoms with van der Waals surface area (Å²) < 4.78 is 26.7. The van der Waals surface area contributed by atoms with Crippen LogP contribution in [0.4, 0.5) is 13.9 Å². The molecule has 0 aliphatic heterocycles. The molecule has 0 radical (unpaired) electrons. The molecule has 1 saturated carbocycles. The highest BCUT2D eigenvalue weighted by Crippen LogP contribution is 2.28. The summed E-state index contributed by atoms with van der Waals surface area (Å²) in [6, 6.07) is 3.78. The van der Waals surface area contributed by atoms with E-state index in [2.05, 4.69) is 15.5 Å². The fourth-order valence-electron chi connectivity index (χ4n) is 2.19. The van der Waals surface area contributed by atoms with Gasteiger partial charge in [0.1, 0.15) is 17.1 Å². The molecule has 0 bridgehead atoms. The van der Waals surface area contributed by atoms with Gasteiger partial charge in [0.25, 0.3) is 0 Å². The number of anilines is 1. The minimum absolute atomic E-state index is 0.140. The Morgan fingerprint density at radius 1 is 1.41 bits per heavy atom. The first-order valence-corrected chi connectivity index (χ1v) is 7.74. The predicted molar refractivity (Wildman–Crippen MR) is 78.3 cm³/mol. The summed E-state index contributed by atoms with van der Waals surface area (Å²) in [6.45, 7) is 0.418. The van der Waals surface area contributed by atoms with Gasteiger partial charge in [0.15, 0.2) is 0 Å². The van der Waals surface area contributed by atoms with Gasteiger partial charge in [0.05, 0.1) is 6.54 Å². The summed E-state index contributed by atoms with van der Waals surface area (Å²) in [5.74, 6) is -1.41. The van der Waals surface area contributed by atoms with Gasteiger partial charge in [0.2, 0.25) is 11.0 Å². The van der Waals surface area contributed by atoms with Crippen molar-refractivity contribution in [2.45, 2.75) is 25.4 Å². The molecule has 8 heteroatoms. The molecule has 1 aromatic carbocycles. The number of nitrogens with one attached hydrogen (secondary N) is 1. The van der Waals surface area contributed by atoms with Gasteiger partial charge in [-0.3, -0.25) is 15.0 Å². The topological polar surface area (TPSA) is 58.1 Å². The Kier molecular flexibility index (Phi) is 4.39. The number of hydrogen-bond donors (Lipinski definition) is 1. The van der Waals surface area contributed by atoms with E-state index < -0.39 is 11.6 Å². The number of carbonyl (C=O) groups excluding carboxylic acids is 1. The van der Waals surface area contributed by atoms with Gasteiger partial charge in [-0.2, -0.15) is 0 Å². The summed E-state index contributed by atoms with van der Waals surface area (Å²) >= 11 is 1.24. The molecule has 1 heterocycles. The van der Waals surface area contributed by atoms with Crippen molar-refractivity contribution < 1.29 is 13.6 Å². The summed E-state index contributed by atoms with van der Waals surface area (Å²) in [4.78, 5) is 13.9. The van der Waals surface area contributed by atoms with Crippen molar-refractivity contribution in [1.29, 1.82) is 0 Å². The van der Waals surface area contributed by atoms with Crippen LogP contribution in [0.1, 0.15) is 18.4 Å². The normalized spacial score (nSPS) is 14.3. The summed E-state index contributed by atoms with van der Waals surface area (Å²) in [6.07, 6.45) is 1.96. The molecule has 5 nitrogen and oxygen atoms in total. The van der Waals surface area contributed by atoms with Crippen molar-refractivity contribution >= 4 is 22.4 Å². The zero-order valence-electron chi connectivity index (χ0n) is 11.6. The highest BCUT2D eigenvalue weighted by Gasteiger charge is 2.31. The maximum Gasteiger partial charge on any atom is 0.240 e. The van der Waals surface area contributed by atoms with Crippen LogP contribution >= 0.6 is 11.3 Å². The average molecular weight is 324 g/mol. The van der Waals surface area contributed by atoms with E-state index in [0.29, 0.717) is 10.7 Å². The van der Waals surface area contributed by atoms with Crippen molar-refractivity contribution in [2.24, 2.45) is 0 Å². The van der Waals surface area contributed by atoms with Crippen LogP contribution in [0.3, 0.4) is 0 Å². The standard InChI is InChI=1S/C14H14F2N4OS/c15-10-2-1-9(12(16)5-10)6-20(11-3-4-11)7-13(21)18-14-19-17-8-22-14/h1-2,5,8,11H,3-4,6-7H2,(H,18,19,21). The number of amides is 1. The van der Waals surface area contributed by atoms with E-state index in [1.807, 2.05) is 4.90 Å². The summed E-state index contributed by atoms with van der Waals surface area (Å²) in [5.41, 5.74) is 1.92. The minimum atomic E-state index is -0.603. The molecule has 0 saturated heterocycles. The average Bonchev–Trinajstić information content (AvgIpc) is 3.19. The molecule has 0 spiro atoms. The van der Waals surface area contributed by atoms with E-state index in [-0.39, 0.29) is 25.0 Å². The van der Waals surface area contributed by atoms with Gasteiger partial charge in [-0.05, 0) is 18.9 Å². The number of benzene rings is 1. The lowest BCUT2D eigenvalue weighted by atomic mass is 10.2. The second-order valence-electron chi connectivity index (χ2n) is 5.16. The highest BCUT2D eigenvalue weighted by atomic mass is 32.1.